The smallest absolute Gasteiger partial charge is 0.132 e. The van der Waals surface area contributed by atoms with Crippen molar-refractivity contribution in [3.05, 3.63) is 241 Å². The minimum absolute atomic E-state index is 0.581. The van der Waals surface area contributed by atoms with Gasteiger partial charge in [0.15, 0.2) is 0 Å². The lowest BCUT2D eigenvalue weighted by molar-refractivity contribution is 0.436. The van der Waals surface area contributed by atoms with Crippen molar-refractivity contribution in [2.24, 2.45) is 0 Å². The maximum Gasteiger partial charge on any atom is 0.132 e. The second kappa shape index (κ2) is 13.3. The summed E-state index contributed by atoms with van der Waals surface area (Å²) in [4.78, 5) is 4.81. The summed E-state index contributed by atoms with van der Waals surface area (Å²) in [5.41, 5.74) is 13.3. The van der Waals surface area contributed by atoms with Crippen LogP contribution in [0.2, 0.25) is 0 Å². The van der Waals surface area contributed by atoms with Gasteiger partial charge in [-0.25, -0.2) is 0 Å². The summed E-state index contributed by atoms with van der Waals surface area (Å²) in [5.74, 6) is 1.78. The zero-order chi connectivity index (χ0) is 38.9. The molecule has 1 aliphatic carbocycles. The van der Waals surface area contributed by atoms with E-state index >= 15 is 0 Å². The van der Waals surface area contributed by atoms with E-state index in [9.17, 15) is 0 Å². The fourth-order valence-electron chi connectivity index (χ4n) is 9.69. The first-order chi connectivity index (χ1) is 29.3. The third-order valence-corrected chi connectivity index (χ3v) is 13.3. The van der Waals surface area contributed by atoms with Gasteiger partial charge in [0.2, 0.25) is 0 Å². The third kappa shape index (κ3) is 5.07. The molecule has 0 saturated carbocycles. The Bertz CT molecular complexity index is 3140. The molecule has 1 aliphatic heterocycles. The molecule has 0 saturated heterocycles. The van der Waals surface area contributed by atoms with Gasteiger partial charge in [0, 0.05) is 55.0 Å². The Kier molecular flexibility index (Phi) is 7.62. The summed E-state index contributed by atoms with van der Waals surface area (Å²) in [6.07, 6.45) is 0. The first kappa shape index (κ1) is 33.7. The number of nitrogens with zero attached hydrogens (tertiary/aromatic N) is 2. The van der Waals surface area contributed by atoms with E-state index in [4.69, 9.17) is 4.74 Å². The van der Waals surface area contributed by atoms with E-state index in [2.05, 4.69) is 228 Å². The van der Waals surface area contributed by atoms with Crippen molar-refractivity contribution in [2.75, 3.05) is 9.80 Å². The van der Waals surface area contributed by atoms with Gasteiger partial charge in [-0.2, -0.15) is 0 Å². The van der Waals surface area contributed by atoms with E-state index in [1.807, 2.05) is 11.3 Å². The number of ether oxygens (including phenoxy) is 1. The predicted molar refractivity (Wildman–Crippen MR) is 246 cm³/mol. The van der Waals surface area contributed by atoms with E-state index in [0.717, 1.165) is 56.8 Å². The highest BCUT2D eigenvalue weighted by Crippen LogP contribution is 2.63. The van der Waals surface area contributed by atoms with Gasteiger partial charge in [0.1, 0.15) is 11.5 Å². The lowest BCUT2D eigenvalue weighted by atomic mass is 9.66. The molecule has 10 aromatic rings. The van der Waals surface area contributed by atoms with Gasteiger partial charge in [-0.05, 0) is 101 Å². The molecular formula is C55H36N2OS. The molecule has 0 fully saturated rings. The Balaban J connectivity index is 1.14. The van der Waals surface area contributed by atoms with Crippen LogP contribution >= 0.6 is 11.3 Å². The number of hydrogen-bond acceptors (Lipinski definition) is 4. The number of fused-ring (bicyclic) bond motifs is 12. The van der Waals surface area contributed by atoms with Crippen LogP contribution in [0, 0.1) is 0 Å². The van der Waals surface area contributed by atoms with Crippen LogP contribution in [0.1, 0.15) is 22.3 Å². The normalized spacial score (nSPS) is 13.0. The van der Waals surface area contributed by atoms with E-state index in [-0.39, 0.29) is 0 Å². The molecule has 0 unspecified atom stereocenters. The summed E-state index contributed by atoms with van der Waals surface area (Å²) >= 11 is 1.86. The van der Waals surface area contributed by atoms with Crippen molar-refractivity contribution in [1.29, 1.82) is 0 Å². The van der Waals surface area contributed by atoms with Gasteiger partial charge in [-0.1, -0.05) is 140 Å². The minimum Gasteiger partial charge on any atom is -0.457 e. The maximum absolute atomic E-state index is 6.68. The highest BCUT2D eigenvalue weighted by atomic mass is 32.1. The number of para-hydroxylation sites is 4. The molecule has 1 aromatic heterocycles. The molecule has 0 amide bonds. The van der Waals surface area contributed by atoms with Gasteiger partial charge in [-0.3, -0.25) is 0 Å². The number of hydrogen-bond donors (Lipinski definition) is 0. The molecule has 9 aromatic carbocycles. The molecule has 12 rings (SSSR count). The quantitative estimate of drug-likeness (QED) is 0.167. The maximum atomic E-state index is 6.68. The van der Waals surface area contributed by atoms with E-state index in [0.29, 0.717) is 0 Å². The third-order valence-electron chi connectivity index (χ3n) is 12.1. The SMILES string of the molecule is c1ccc(N(c2ccccc2)c2cccc(N(c3ccc4c(c3)C3(c5ccccc5Oc5ccccc53)c3ccccc3-4)c3cccc4c3sc3ccccc34)c2)cc1. The molecule has 59 heavy (non-hydrogen) atoms. The number of rotatable bonds is 6. The van der Waals surface area contributed by atoms with Gasteiger partial charge in [0.25, 0.3) is 0 Å². The second-order valence-electron chi connectivity index (χ2n) is 15.2. The Morgan fingerprint density at radius 1 is 0.356 bits per heavy atom. The molecule has 3 nitrogen and oxygen atoms in total. The fraction of sp³-hybridized carbons (Fsp3) is 0.0182. The molecular weight excluding hydrogens is 737 g/mol. The lowest BCUT2D eigenvalue weighted by Crippen LogP contribution is -2.32. The topological polar surface area (TPSA) is 15.7 Å². The van der Waals surface area contributed by atoms with Gasteiger partial charge in [0.05, 0.1) is 15.8 Å². The zero-order valence-corrected chi connectivity index (χ0v) is 32.8. The molecule has 4 heteroatoms. The molecule has 1 spiro atoms. The Hall–Kier alpha value is -7.40. The van der Waals surface area contributed by atoms with Crippen molar-refractivity contribution in [3.8, 4) is 22.6 Å². The highest BCUT2D eigenvalue weighted by Gasteiger charge is 2.51. The van der Waals surface area contributed by atoms with Crippen LogP contribution in [-0.4, -0.2) is 0 Å². The van der Waals surface area contributed by atoms with Crippen molar-refractivity contribution in [2.45, 2.75) is 5.41 Å². The molecule has 0 bridgehead atoms. The monoisotopic (exact) mass is 772 g/mol. The standard InChI is InChI=1S/C55H36N2OS/c1-3-17-37(18-4-1)56(38-19-5-2-6-20-38)39-21-15-22-40(35-39)57(50-29-16-25-45-44-24-8-14-32-53(44)59-54(45)50)41-33-34-43-42-23-7-9-26-46(42)55(49(43)36-41)47-27-10-12-30-51(47)58-52-31-13-11-28-48(52)55/h1-36H. The summed E-state index contributed by atoms with van der Waals surface area (Å²) < 4.78 is 9.21. The van der Waals surface area contributed by atoms with Crippen LogP contribution in [-0.2, 0) is 5.41 Å². The fourth-order valence-corrected chi connectivity index (χ4v) is 10.9. The van der Waals surface area contributed by atoms with E-state index in [1.165, 1.54) is 42.4 Å². The van der Waals surface area contributed by atoms with Crippen molar-refractivity contribution < 1.29 is 4.74 Å². The highest BCUT2D eigenvalue weighted by molar-refractivity contribution is 7.26. The number of thiophene rings is 1. The second-order valence-corrected chi connectivity index (χ2v) is 16.3. The van der Waals surface area contributed by atoms with Gasteiger partial charge in [-0.15, -0.1) is 11.3 Å². The Morgan fingerprint density at radius 3 is 1.61 bits per heavy atom. The molecule has 0 N–H and O–H groups in total. The number of benzene rings is 9. The van der Waals surface area contributed by atoms with Crippen molar-refractivity contribution in [1.82, 2.24) is 0 Å². The summed E-state index contributed by atoms with van der Waals surface area (Å²) in [6, 6.07) is 79.1. The average Bonchev–Trinajstić information content (AvgIpc) is 3.82. The molecule has 0 radical (unpaired) electrons. The van der Waals surface area contributed by atoms with Crippen LogP contribution < -0.4 is 14.5 Å². The van der Waals surface area contributed by atoms with Crippen molar-refractivity contribution >= 4 is 65.6 Å². The van der Waals surface area contributed by atoms with Crippen LogP contribution in [0.25, 0.3) is 31.3 Å². The Morgan fingerprint density at radius 2 is 0.881 bits per heavy atom. The Labute approximate surface area is 347 Å². The first-order valence-corrected chi connectivity index (χ1v) is 20.9. The van der Waals surface area contributed by atoms with Gasteiger partial charge >= 0.3 is 0 Å². The molecule has 278 valence electrons. The number of anilines is 6. The van der Waals surface area contributed by atoms with Crippen molar-refractivity contribution in [3.63, 3.8) is 0 Å². The lowest BCUT2D eigenvalue weighted by Gasteiger charge is -2.39. The van der Waals surface area contributed by atoms with Crippen LogP contribution in [0.3, 0.4) is 0 Å². The molecule has 2 aliphatic rings. The summed E-state index contributed by atoms with van der Waals surface area (Å²) in [7, 11) is 0. The summed E-state index contributed by atoms with van der Waals surface area (Å²) in [5, 5.41) is 2.54. The van der Waals surface area contributed by atoms with E-state index < -0.39 is 5.41 Å². The largest absolute Gasteiger partial charge is 0.457 e. The van der Waals surface area contributed by atoms with Gasteiger partial charge < -0.3 is 14.5 Å². The zero-order valence-electron chi connectivity index (χ0n) is 32.0. The van der Waals surface area contributed by atoms with Crippen LogP contribution in [0.15, 0.2) is 218 Å². The first-order valence-electron chi connectivity index (χ1n) is 20.1. The molecule has 2 heterocycles. The average molecular weight is 773 g/mol. The minimum atomic E-state index is -0.581. The summed E-state index contributed by atoms with van der Waals surface area (Å²) in [6.45, 7) is 0. The van der Waals surface area contributed by atoms with Crippen LogP contribution in [0.4, 0.5) is 34.1 Å². The molecule has 0 atom stereocenters. The van der Waals surface area contributed by atoms with Crippen LogP contribution in [0.5, 0.6) is 11.5 Å². The van der Waals surface area contributed by atoms with E-state index in [1.54, 1.807) is 0 Å². The predicted octanol–water partition coefficient (Wildman–Crippen LogP) is 15.5.